The van der Waals surface area contributed by atoms with Gasteiger partial charge in [-0.1, -0.05) is 0 Å². The van der Waals surface area contributed by atoms with Crippen LogP contribution in [0.4, 0.5) is 23.7 Å². The third-order valence-corrected chi connectivity index (χ3v) is 2.98. The molecule has 110 valence electrons. The number of nitrogens with one attached hydrogen (secondary N) is 2. The lowest BCUT2D eigenvalue weighted by atomic mass is 10.1. The molecule has 1 saturated heterocycles. The molecule has 0 spiro atoms. The number of benzene rings is 1. The number of rotatable bonds is 2. The number of hydrogen-bond acceptors (Lipinski definition) is 3. The molecule has 0 radical (unpaired) electrons. The van der Waals surface area contributed by atoms with Gasteiger partial charge in [0.25, 0.3) is 0 Å². The number of hydrogen-bond donors (Lipinski definition) is 2. The quantitative estimate of drug-likeness (QED) is 0.879. The summed E-state index contributed by atoms with van der Waals surface area (Å²) in [5.74, 6) is 0. The first-order valence-electron chi connectivity index (χ1n) is 6.31. The second kappa shape index (κ2) is 6.13. The summed E-state index contributed by atoms with van der Waals surface area (Å²) in [7, 11) is 0. The molecule has 1 aliphatic heterocycles. The summed E-state index contributed by atoms with van der Waals surface area (Å²) in [6.45, 7) is 1.50. The summed E-state index contributed by atoms with van der Waals surface area (Å²) in [5, 5.41) is 5.51. The van der Waals surface area contributed by atoms with Gasteiger partial charge in [-0.15, -0.1) is 0 Å². The first-order valence-corrected chi connectivity index (χ1v) is 6.31. The van der Waals surface area contributed by atoms with Gasteiger partial charge in [0, 0.05) is 12.2 Å². The molecule has 2 N–H and O–H groups in total. The van der Waals surface area contributed by atoms with Crippen LogP contribution in [0.2, 0.25) is 0 Å². The van der Waals surface area contributed by atoms with Crippen molar-refractivity contribution in [1.82, 2.24) is 5.32 Å². The van der Waals surface area contributed by atoms with E-state index in [9.17, 15) is 18.0 Å². The fraction of sp³-hybridized carbons (Fsp3) is 0.462. The van der Waals surface area contributed by atoms with Gasteiger partial charge in [-0.3, -0.25) is 5.32 Å². The molecule has 1 aromatic rings. The molecule has 0 unspecified atom stereocenters. The van der Waals surface area contributed by atoms with Gasteiger partial charge < -0.3 is 10.1 Å². The molecule has 2 rings (SSSR count). The largest absolute Gasteiger partial charge is 0.445 e. The highest BCUT2D eigenvalue weighted by atomic mass is 19.4. The molecule has 1 atom stereocenters. The van der Waals surface area contributed by atoms with Crippen LogP contribution < -0.4 is 10.6 Å². The average molecular weight is 288 g/mol. The van der Waals surface area contributed by atoms with Gasteiger partial charge in [-0.25, -0.2) is 4.79 Å². The van der Waals surface area contributed by atoms with Crippen molar-refractivity contribution in [2.75, 3.05) is 18.4 Å². The van der Waals surface area contributed by atoms with Crippen LogP contribution in [0.1, 0.15) is 18.4 Å². The summed E-state index contributed by atoms with van der Waals surface area (Å²) in [6.07, 6.45) is -3.52. The van der Waals surface area contributed by atoms with Crippen LogP contribution in [0.3, 0.4) is 0 Å². The number of anilines is 1. The standard InChI is InChI=1S/C13H15F3N2O2/c14-13(15,16)9-3-5-10(6-4-9)18-12(19)20-11-2-1-7-17-8-11/h3-6,11,17H,1-2,7-8H2,(H,18,19)/t11-/m1/s1. The summed E-state index contributed by atoms with van der Waals surface area (Å²) in [5.41, 5.74) is -0.486. The Balaban J connectivity index is 1.87. The highest BCUT2D eigenvalue weighted by Crippen LogP contribution is 2.29. The number of carbonyl (C=O) groups excluding carboxylic acids is 1. The summed E-state index contributed by atoms with van der Waals surface area (Å²) >= 11 is 0. The summed E-state index contributed by atoms with van der Waals surface area (Å²) in [6, 6.07) is 4.22. The van der Waals surface area contributed by atoms with E-state index in [0.29, 0.717) is 6.54 Å². The minimum absolute atomic E-state index is 0.196. The van der Waals surface area contributed by atoms with Crippen LogP contribution in [0.25, 0.3) is 0 Å². The Hall–Kier alpha value is -1.76. The van der Waals surface area contributed by atoms with Crippen molar-refractivity contribution in [1.29, 1.82) is 0 Å². The van der Waals surface area contributed by atoms with Crippen LogP contribution >= 0.6 is 0 Å². The number of carbonyl (C=O) groups is 1. The first kappa shape index (κ1) is 14.6. The Morgan fingerprint density at radius 2 is 2.00 bits per heavy atom. The molecule has 7 heteroatoms. The van der Waals surface area contributed by atoms with E-state index in [4.69, 9.17) is 4.74 Å². The Morgan fingerprint density at radius 1 is 1.30 bits per heavy atom. The molecule has 0 bridgehead atoms. The molecule has 1 aromatic carbocycles. The fourth-order valence-corrected chi connectivity index (χ4v) is 1.96. The van der Waals surface area contributed by atoms with Gasteiger partial charge in [0.05, 0.1) is 5.56 Å². The van der Waals surface area contributed by atoms with E-state index in [0.717, 1.165) is 31.5 Å². The Bertz CT molecular complexity index is 454. The van der Waals surface area contributed by atoms with Gasteiger partial charge >= 0.3 is 12.3 Å². The zero-order chi connectivity index (χ0) is 14.6. The molecule has 0 saturated carbocycles. The SMILES string of the molecule is O=C(Nc1ccc(C(F)(F)F)cc1)O[C@@H]1CCCNC1. The monoisotopic (exact) mass is 288 g/mol. The van der Waals surface area contributed by atoms with Crippen LogP contribution in [0, 0.1) is 0 Å². The van der Waals surface area contributed by atoms with E-state index in [2.05, 4.69) is 10.6 Å². The van der Waals surface area contributed by atoms with Crippen molar-refractivity contribution in [2.45, 2.75) is 25.1 Å². The molecular formula is C13H15F3N2O2. The normalized spacial score (nSPS) is 19.4. The van der Waals surface area contributed by atoms with Crippen LogP contribution in [0.15, 0.2) is 24.3 Å². The van der Waals surface area contributed by atoms with E-state index in [1.54, 1.807) is 0 Å². The molecule has 4 nitrogen and oxygen atoms in total. The second-order valence-corrected chi connectivity index (χ2v) is 4.57. The van der Waals surface area contributed by atoms with Crippen molar-refractivity contribution in [3.05, 3.63) is 29.8 Å². The minimum atomic E-state index is -4.38. The van der Waals surface area contributed by atoms with Gasteiger partial charge in [0.1, 0.15) is 6.10 Å². The second-order valence-electron chi connectivity index (χ2n) is 4.57. The van der Waals surface area contributed by atoms with Gasteiger partial charge in [0.2, 0.25) is 0 Å². The third kappa shape index (κ3) is 4.12. The highest BCUT2D eigenvalue weighted by Gasteiger charge is 2.30. The Labute approximate surface area is 114 Å². The maximum atomic E-state index is 12.4. The minimum Gasteiger partial charge on any atom is -0.445 e. The van der Waals surface area contributed by atoms with E-state index in [1.807, 2.05) is 0 Å². The lowest BCUT2D eigenvalue weighted by molar-refractivity contribution is -0.137. The third-order valence-electron chi connectivity index (χ3n) is 2.98. The van der Waals surface area contributed by atoms with Crippen molar-refractivity contribution in [2.24, 2.45) is 0 Å². The van der Waals surface area contributed by atoms with Crippen LogP contribution in [-0.4, -0.2) is 25.3 Å². The number of alkyl halides is 3. The number of amides is 1. The van der Waals surface area contributed by atoms with Crippen molar-refractivity contribution >= 4 is 11.8 Å². The van der Waals surface area contributed by atoms with Crippen molar-refractivity contribution in [3.8, 4) is 0 Å². The zero-order valence-electron chi connectivity index (χ0n) is 10.7. The highest BCUT2D eigenvalue weighted by molar-refractivity contribution is 5.84. The molecule has 1 aliphatic rings. The molecule has 0 aromatic heterocycles. The summed E-state index contributed by atoms with van der Waals surface area (Å²) < 4.78 is 42.3. The zero-order valence-corrected chi connectivity index (χ0v) is 10.7. The van der Waals surface area contributed by atoms with Crippen LogP contribution in [-0.2, 0) is 10.9 Å². The Kier molecular flexibility index (Phi) is 4.49. The summed E-state index contributed by atoms with van der Waals surface area (Å²) in [4.78, 5) is 11.6. The maximum Gasteiger partial charge on any atom is 0.416 e. The molecule has 20 heavy (non-hydrogen) atoms. The molecule has 0 aliphatic carbocycles. The van der Waals surface area contributed by atoms with Crippen molar-refractivity contribution < 1.29 is 22.7 Å². The number of piperidine rings is 1. The van der Waals surface area contributed by atoms with E-state index in [-0.39, 0.29) is 11.8 Å². The molecule has 1 amide bonds. The smallest absolute Gasteiger partial charge is 0.416 e. The molecular weight excluding hydrogens is 273 g/mol. The van der Waals surface area contributed by atoms with Crippen LogP contribution in [0.5, 0.6) is 0 Å². The van der Waals surface area contributed by atoms with Gasteiger partial charge in [-0.05, 0) is 43.7 Å². The maximum absolute atomic E-state index is 12.4. The van der Waals surface area contributed by atoms with Gasteiger partial charge in [-0.2, -0.15) is 13.2 Å². The van der Waals surface area contributed by atoms with Gasteiger partial charge in [0.15, 0.2) is 0 Å². The molecule has 1 fully saturated rings. The van der Waals surface area contributed by atoms with E-state index in [1.165, 1.54) is 12.1 Å². The lowest BCUT2D eigenvalue weighted by Crippen LogP contribution is -2.37. The fourth-order valence-electron chi connectivity index (χ4n) is 1.96. The van der Waals surface area contributed by atoms with Crippen molar-refractivity contribution in [3.63, 3.8) is 0 Å². The Morgan fingerprint density at radius 3 is 2.55 bits per heavy atom. The topological polar surface area (TPSA) is 50.4 Å². The average Bonchev–Trinajstić information content (AvgIpc) is 2.39. The number of halogens is 3. The lowest BCUT2D eigenvalue weighted by Gasteiger charge is -2.22. The predicted octanol–water partition coefficient (Wildman–Crippen LogP) is 3.01. The van der Waals surface area contributed by atoms with E-state index >= 15 is 0 Å². The molecule has 1 heterocycles. The predicted molar refractivity (Wildman–Crippen MR) is 67.4 cm³/mol. The first-order chi connectivity index (χ1) is 9.45. The number of ether oxygens (including phenoxy) is 1. The van der Waals surface area contributed by atoms with E-state index < -0.39 is 17.8 Å².